The van der Waals surface area contributed by atoms with Gasteiger partial charge in [-0.3, -0.25) is 9.69 Å². The van der Waals surface area contributed by atoms with Crippen LogP contribution in [0.2, 0.25) is 0 Å². The molecule has 4 nitrogen and oxygen atoms in total. The Labute approximate surface area is 99.0 Å². The predicted octanol–water partition coefficient (Wildman–Crippen LogP) is 1.29. The fraction of sp³-hybridized carbons (Fsp3) is 0.455. The lowest BCUT2D eigenvalue weighted by Gasteiger charge is -2.11. The molecule has 5 heteroatoms. The molecule has 0 aliphatic carbocycles. The van der Waals surface area contributed by atoms with Gasteiger partial charge in [0.05, 0.1) is 12.8 Å². The number of hydrogen-bond donors (Lipinski definition) is 1. The van der Waals surface area contributed by atoms with Crippen molar-refractivity contribution in [3.63, 3.8) is 0 Å². The van der Waals surface area contributed by atoms with E-state index in [1.165, 1.54) is 12.8 Å². The van der Waals surface area contributed by atoms with Crippen LogP contribution in [0.1, 0.15) is 17.7 Å². The van der Waals surface area contributed by atoms with Gasteiger partial charge < -0.3 is 0 Å². The minimum absolute atomic E-state index is 0.0327. The summed E-state index contributed by atoms with van der Waals surface area (Å²) in [5.41, 5.74) is 2.54. The summed E-state index contributed by atoms with van der Waals surface area (Å²) in [7, 11) is 0. The average Bonchev–Trinajstić information content (AvgIpc) is 2.90. The molecular formula is C11H15N3OS. The molecule has 2 rings (SSSR count). The molecule has 0 unspecified atom stereocenters. The highest BCUT2D eigenvalue weighted by atomic mass is 32.1. The lowest BCUT2D eigenvalue weighted by atomic mass is 10.4. The van der Waals surface area contributed by atoms with Crippen molar-refractivity contribution in [1.29, 1.82) is 0 Å². The second-order valence-electron chi connectivity index (χ2n) is 3.79. The number of likely N-dealkylation sites (tertiary alicyclic amines) is 1. The molecule has 0 aromatic carbocycles. The molecule has 16 heavy (non-hydrogen) atoms. The maximum absolute atomic E-state index is 11.5. The smallest absolute Gasteiger partial charge is 0.254 e. The molecule has 1 saturated heterocycles. The zero-order chi connectivity index (χ0) is 11.2. The Hall–Kier alpha value is -1.20. The first-order valence-corrected chi connectivity index (χ1v) is 6.30. The zero-order valence-electron chi connectivity index (χ0n) is 9.06. The van der Waals surface area contributed by atoms with Crippen LogP contribution in [-0.2, 0) is 4.79 Å². The predicted molar refractivity (Wildman–Crippen MR) is 65.7 cm³/mol. The quantitative estimate of drug-likeness (QED) is 0.633. The number of carbonyl (C=O) groups is 1. The third-order valence-electron chi connectivity index (χ3n) is 2.49. The first kappa shape index (κ1) is 11.3. The van der Waals surface area contributed by atoms with E-state index in [1.54, 1.807) is 17.6 Å². The molecule has 1 fully saturated rings. The largest absolute Gasteiger partial charge is 0.294 e. The van der Waals surface area contributed by atoms with Crippen molar-refractivity contribution >= 4 is 23.5 Å². The van der Waals surface area contributed by atoms with Crippen LogP contribution in [0.25, 0.3) is 0 Å². The molecule has 1 aliphatic heterocycles. The fourth-order valence-corrected chi connectivity index (χ4v) is 2.30. The van der Waals surface area contributed by atoms with Crippen molar-refractivity contribution in [3.8, 4) is 0 Å². The van der Waals surface area contributed by atoms with E-state index in [-0.39, 0.29) is 5.91 Å². The molecule has 0 bridgehead atoms. The van der Waals surface area contributed by atoms with Gasteiger partial charge in [-0.25, -0.2) is 5.43 Å². The molecule has 1 aliphatic rings. The van der Waals surface area contributed by atoms with Crippen molar-refractivity contribution in [1.82, 2.24) is 10.3 Å². The Morgan fingerprint density at radius 2 is 2.38 bits per heavy atom. The highest BCUT2D eigenvalue weighted by Gasteiger charge is 2.14. The highest BCUT2D eigenvalue weighted by Crippen LogP contribution is 2.06. The van der Waals surface area contributed by atoms with Crippen molar-refractivity contribution < 1.29 is 4.79 Å². The number of hydrazone groups is 1. The summed E-state index contributed by atoms with van der Waals surface area (Å²) in [4.78, 5) is 14.7. The van der Waals surface area contributed by atoms with Crippen LogP contribution in [0.15, 0.2) is 22.6 Å². The molecule has 2 heterocycles. The first-order chi connectivity index (χ1) is 7.84. The summed E-state index contributed by atoms with van der Waals surface area (Å²) in [6.07, 6.45) is 4.07. The van der Waals surface area contributed by atoms with Crippen molar-refractivity contribution in [2.24, 2.45) is 5.10 Å². The normalized spacial score (nSPS) is 17.0. The van der Waals surface area contributed by atoms with Crippen LogP contribution < -0.4 is 5.43 Å². The summed E-state index contributed by atoms with van der Waals surface area (Å²) in [5.74, 6) is -0.0327. The maximum atomic E-state index is 11.5. The van der Waals surface area contributed by atoms with Gasteiger partial charge in [0.25, 0.3) is 5.91 Å². The van der Waals surface area contributed by atoms with Crippen LogP contribution in [0.3, 0.4) is 0 Å². The standard InChI is InChI=1S/C11H15N3OS/c15-11(9-14-5-1-2-6-14)13-12-8-10-4-3-7-16-10/h3-4,7-8H,1-2,5-6,9H2,(H,13,15)/b12-8+. The Morgan fingerprint density at radius 1 is 1.56 bits per heavy atom. The van der Waals surface area contributed by atoms with Crippen molar-refractivity contribution in [3.05, 3.63) is 22.4 Å². The summed E-state index contributed by atoms with van der Waals surface area (Å²) in [6, 6.07) is 3.92. The Kier molecular flexibility index (Phi) is 4.07. The molecule has 0 saturated carbocycles. The second kappa shape index (κ2) is 5.77. The lowest BCUT2D eigenvalue weighted by Crippen LogP contribution is -2.33. The van der Waals surface area contributed by atoms with Crippen LogP contribution in [0.4, 0.5) is 0 Å². The minimum atomic E-state index is -0.0327. The van der Waals surface area contributed by atoms with Gasteiger partial charge in [-0.2, -0.15) is 5.10 Å². The van der Waals surface area contributed by atoms with Crippen LogP contribution in [0, 0.1) is 0 Å². The van der Waals surface area contributed by atoms with Gasteiger partial charge >= 0.3 is 0 Å². The maximum Gasteiger partial charge on any atom is 0.254 e. The number of thiophene rings is 1. The number of amides is 1. The molecule has 86 valence electrons. The van der Waals surface area contributed by atoms with Crippen LogP contribution in [0.5, 0.6) is 0 Å². The van der Waals surface area contributed by atoms with Crippen molar-refractivity contribution in [2.45, 2.75) is 12.8 Å². The lowest BCUT2D eigenvalue weighted by molar-refractivity contribution is -0.121. The van der Waals surface area contributed by atoms with Gasteiger partial charge in [0.1, 0.15) is 0 Å². The number of carbonyl (C=O) groups excluding carboxylic acids is 1. The summed E-state index contributed by atoms with van der Waals surface area (Å²) < 4.78 is 0. The van der Waals surface area contributed by atoms with E-state index in [2.05, 4.69) is 15.4 Å². The summed E-state index contributed by atoms with van der Waals surface area (Å²) in [6.45, 7) is 2.52. The van der Waals surface area contributed by atoms with E-state index in [0.717, 1.165) is 18.0 Å². The molecule has 0 radical (unpaired) electrons. The van der Waals surface area contributed by atoms with Crippen molar-refractivity contribution in [2.75, 3.05) is 19.6 Å². The second-order valence-corrected chi connectivity index (χ2v) is 4.77. The summed E-state index contributed by atoms with van der Waals surface area (Å²) >= 11 is 1.60. The molecule has 0 spiro atoms. The number of nitrogens with zero attached hydrogens (tertiary/aromatic N) is 2. The van der Waals surface area contributed by atoms with Crippen LogP contribution in [-0.4, -0.2) is 36.7 Å². The average molecular weight is 237 g/mol. The van der Waals surface area contributed by atoms with Gasteiger partial charge in [-0.15, -0.1) is 11.3 Å². The summed E-state index contributed by atoms with van der Waals surface area (Å²) in [5, 5.41) is 5.89. The minimum Gasteiger partial charge on any atom is -0.294 e. The number of rotatable bonds is 4. The molecule has 1 aromatic rings. The molecule has 1 amide bonds. The van der Waals surface area contributed by atoms with E-state index in [9.17, 15) is 4.79 Å². The molecule has 1 N–H and O–H groups in total. The third-order valence-corrected chi connectivity index (χ3v) is 3.30. The topological polar surface area (TPSA) is 44.7 Å². The number of hydrogen-bond acceptors (Lipinski definition) is 4. The molecular weight excluding hydrogens is 222 g/mol. The van der Waals surface area contributed by atoms with E-state index in [1.807, 2.05) is 17.5 Å². The Balaban J connectivity index is 1.71. The monoisotopic (exact) mass is 237 g/mol. The molecule has 1 aromatic heterocycles. The van der Waals surface area contributed by atoms with Gasteiger partial charge in [0.15, 0.2) is 0 Å². The van der Waals surface area contributed by atoms with Gasteiger partial charge in [0.2, 0.25) is 0 Å². The van der Waals surface area contributed by atoms with E-state index in [0.29, 0.717) is 6.54 Å². The Bertz CT molecular complexity index is 355. The Morgan fingerprint density at radius 3 is 3.06 bits per heavy atom. The number of nitrogens with one attached hydrogen (secondary N) is 1. The van der Waals surface area contributed by atoms with Gasteiger partial charge in [0, 0.05) is 4.88 Å². The fourth-order valence-electron chi connectivity index (χ4n) is 1.71. The van der Waals surface area contributed by atoms with Gasteiger partial charge in [-0.05, 0) is 37.4 Å². The SMILES string of the molecule is O=C(CN1CCCC1)N/N=C/c1cccs1. The third kappa shape index (κ3) is 3.43. The highest BCUT2D eigenvalue weighted by molar-refractivity contribution is 7.11. The van der Waals surface area contributed by atoms with E-state index in [4.69, 9.17) is 0 Å². The van der Waals surface area contributed by atoms with E-state index >= 15 is 0 Å². The molecule has 0 atom stereocenters. The zero-order valence-corrected chi connectivity index (χ0v) is 9.87. The van der Waals surface area contributed by atoms with Crippen LogP contribution >= 0.6 is 11.3 Å². The van der Waals surface area contributed by atoms with E-state index < -0.39 is 0 Å². The van der Waals surface area contributed by atoms with Gasteiger partial charge in [-0.1, -0.05) is 6.07 Å². The first-order valence-electron chi connectivity index (χ1n) is 5.42.